The Morgan fingerprint density at radius 3 is 2.48 bits per heavy atom. The number of urea groups is 1. The summed E-state index contributed by atoms with van der Waals surface area (Å²) in [6, 6.07) is 14.7. The molecule has 0 saturated carbocycles. The van der Waals surface area contributed by atoms with Crippen LogP contribution in [0.1, 0.15) is 41.1 Å². The van der Waals surface area contributed by atoms with E-state index in [1.165, 1.54) is 11.1 Å². The number of nitrogens with one attached hydrogen (secondary N) is 1. The van der Waals surface area contributed by atoms with Crippen LogP contribution in [-0.2, 0) is 0 Å². The van der Waals surface area contributed by atoms with Crippen molar-refractivity contribution >= 4 is 11.7 Å². The summed E-state index contributed by atoms with van der Waals surface area (Å²) >= 11 is 0. The third-order valence-corrected chi connectivity index (χ3v) is 4.53. The Labute approximate surface area is 138 Å². The van der Waals surface area contributed by atoms with Crippen LogP contribution in [0, 0.1) is 20.8 Å². The van der Waals surface area contributed by atoms with Crippen molar-refractivity contribution in [1.82, 2.24) is 4.90 Å². The van der Waals surface area contributed by atoms with Crippen molar-refractivity contribution in [1.29, 1.82) is 0 Å². The van der Waals surface area contributed by atoms with Crippen LogP contribution < -0.4 is 5.32 Å². The van der Waals surface area contributed by atoms with E-state index in [4.69, 9.17) is 0 Å². The second-order valence-electron chi connectivity index (χ2n) is 6.51. The summed E-state index contributed by atoms with van der Waals surface area (Å²) in [6.07, 6.45) is 2.09. The lowest BCUT2D eigenvalue weighted by Crippen LogP contribution is -2.34. The maximum absolute atomic E-state index is 12.7. The molecule has 0 aliphatic carbocycles. The molecule has 1 heterocycles. The Kier molecular flexibility index (Phi) is 4.37. The van der Waals surface area contributed by atoms with Gasteiger partial charge in [-0.15, -0.1) is 0 Å². The second-order valence-corrected chi connectivity index (χ2v) is 6.51. The molecule has 0 bridgehead atoms. The third kappa shape index (κ3) is 3.39. The molecule has 2 amide bonds. The predicted molar refractivity (Wildman–Crippen MR) is 94.8 cm³/mol. The molecule has 3 nitrogen and oxygen atoms in total. The van der Waals surface area contributed by atoms with Crippen LogP contribution in [0.4, 0.5) is 10.5 Å². The number of hydrogen-bond acceptors (Lipinski definition) is 1. The van der Waals surface area contributed by atoms with Crippen molar-refractivity contribution in [3.63, 3.8) is 0 Å². The quantitative estimate of drug-likeness (QED) is 0.833. The van der Waals surface area contributed by atoms with E-state index in [0.717, 1.165) is 36.2 Å². The fourth-order valence-corrected chi connectivity index (χ4v) is 3.54. The van der Waals surface area contributed by atoms with E-state index >= 15 is 0 Å². The molecule has 0 spiro atoms. The Morgan fingerprint density at radius 1 is 1.09 bits per heavy atom. The van der Waals surface area contributed by atoms with Gasteiger partial charge in [0.15, 0.2) is 0 Å². The molecular weight excluding hydrogens is 284 g/mol. The summed E-state index contributed by atoms with van der Waals surface area (Å²) < 4.78 is 0. The number of amides is 2. The van der Waals surface area contributed by atoms with Gasteiger partial charge in [-0.05, 0) is 68.0 Å². The number of aryl methyl sites for hydroxylation is 3. The van der Waals surface area contributed by atoms with Crippen molar-refractivity contribution in [2.75, 3.05) is 11.9 Å². The predicted octanol–water partition coefficient (Wildman–Crippen LogP) is 4.98. The molecule has 1 atom stereocenters. The first-order valence-electron chi connectivity index (χ1n) is 8.26. The van der Waals surface area contributed by atoms with E-state index < -0.39 is 0 Å². The number of rotatable bonds is 2. The highest BCUT2D eigenvalue weighted by Crippen LogP contribution is 2.34. The third-order valence-electron chi connectivity index (χ3n) is 4.53. The van der Waals surface area contributed by atoms with E-state index in [1.54, 1.807) is 0 Å². The summed E-state index contributed by atoms with van der Waals surface area (Å²) in [6.45, 7) is 7.03. The number of carbonyl (C=O) groups excluding carboxylic acids is 1. The number of carbonyl (C=O) groups is 1. The molecule has 1 saturated heterocycles. The molecule has 2 aromatic rings. The van der Waals surface area contributed by atoms with E-state index in [-0.39, 0.29) is 12.1 Å². The van der Waals surface area contributed by atoms with Crippen molar-refractivity contribution < 1.29 is 4.79 Å². The van der Waals surface area contributed by atoms with Crippen LogP contribution >= 0.6 is 0 Å². The van der Waals surface area contributed by atoms with Crippen LogP contribution in [0.5, 0.6) is 0 Å². The highest BCUT2D eigenvalue weighted by atomic mass is 16.2. The Balaban J connectivity index is 1.80. The van der Waals surface area contributed by atoms with Crippen molar-refractivity contribution in [2.45, 2.75) is 39.7 Å². The summed E-state index contributed by atoms with van der Waals surface area (Å²) in [5, 5.41) is 3.07. The zero-order valence-electron chi connectivity index (χ0n) is 14.1. The molecular formula is C20H24N2O. The minimum atomic E-state index is 0.000697. The standard InChI is InChI=1S/C20H24N2O/c1-14-11-15(2)13-17(12-14)21-20(23)22-10-6-9-19(22)18-8-5-4-7-16(18)3/h4-5,7-8,11-13,19H,6,9-10H2,1-3H3,(H,21,23). The topological polar surface area (TPSA) is 32.3 Å². The summed E-state index contributed by atoms with van der Waals surface area (Å²) in [7, 11) is 0. The fourth-order valence-electron chi connectivity index (χ4n) is 3.54. The zero-order chi connectivity index (χ0) is 16.4. The molecule has 1 unspecified atom stereocenters. The van der Waals surface area contributed by atoms with Crippen LogP contribution in [0.2, 0.25) is 0 Å². The van der Waals surface area contributed by atoms with Gasteiger partial charge >= 0.3 is 6.03 Å². The minimum Gasteiger partial charge on any atom is -0.317 e. The lowest BCUT2D eigenvalue weighted by atomic mass is 9.99. The fraction of sp³-hybridized carbons (Fsp3) is 0.350. The van der Waals surface area contributed by atoms with Crippen molar-refractivity contribution in [3.8, 4) is 0 Å². The monoisotopic (exact) mass is 308 g/mol. The number of anilines is 1. The number of likely N-dealkylation sites (tertiary alicyclic amines) is 1. The molecule has 23 heavy (non-hydrogen) atoms. The largest absolute Gasteiger partial charge is 0.322 e. The molecule has 3 rings (SSSR count). The van der Waals surface area contributed by atoms with Gasteiger partial charge in [0, 0.05) is 12.2 Å². The molecule has 0 radical (unpaired) electrons. The van der Waals surface area contributed by atoms with Crippen molar-refractivity contribution in [3.05, 3.63) is 64.7 Å². The molecule has 1 aliphatic heterocycles. The normalized spacial score (nSPS) is 17.3. The van der Waals surface area contributed by atoms with Gasteiger partial charge in [-0.25, -0.2) is 4.79 Å². The zero-order valence-corrected chi connectivity index (χ0v) is 14.1. The first-order valence-corrected chi connectivity index (χ1v) is 8.26. The van der Waals surface area contributed by atoms with Crippen LogP contribution in [0.25, 0.3) is 0 Å². The number of hydrogen-bond donors (Lipinski definition) is 1. The lowest BCUT2D eigenvalue weighted by Gasteiger charge is -2.26. The lowest BCUT2D eigenvalue weighted by molar-refractivity contribution is 0.207. The smallest absolute Gasteiger partial charge is 0.317 e. The molecule has 1 N–H and O–H groups in total. The first kappa shape index (κ1) is 15.6. The molecule has 120 valence electrons. The Hall–Kier alpha value is -2.29. The molecule has 1 aliphatic rings. The SMILES string of the molecule is Cc1cc(C)cc(NC(=O)N2CCCC2c2ccccc2C)c1. The average molecular weight is 308 g/mol. The van der Waals surface area contributed by atoms with Crippen LogP contribution in [-0.4, -0.2) is 17.5 Å². The van der Waals surface area contributed by atoms with Gasteiger partial charge in [0.2, 0.25) is 0 Å². The van der Waals surface area contributed by atoms with E-state index in [1.807, 2.05) is 23.1 Å². The maximum Gasteiger partial charge on any atom is 0.322 e. The number of nitrogens with zero attached hydrogens (tertiary/aromatic N) is 1. The van der Waals surface area contributed by atoms with Gasteiger partial charge in [-0.2, -0.15) is 0 Å². The van der Waals surface area contributed by atoms with Gasteiger partial charge < -0.3 is 10.2 Å². The van der Waals surface area contributed by atoms with Crippen LogP contribution in [0.3, 0.4) is 0 Å². The van der Waals surface area contributed by atoms with E-state index in [9.17, 15) is 4.79 Å². The molecule has 2 aromatic carbocycles. The average Bonchev–Trinajstić information content (AvgIpc) is 2.96. The first-order chi connectivity index (χ1) is 11.0. The maximum atomic E-state index is 12.7. The summed E-state index contributed by atoms with van der Waals surface area (Å²) in [4.78, 5) is 14.7. The summed E-state index contributed by atoms with van der Waals surface area (Å²) in [5.74, 6) is 0. The summed E-state index contributed by atoms with van der Waals surface area (Å²) in [5.41, 5.74) is 5.72. The van der Waals surface area contributed by atoms with Crippen molar-refractivity contribution in [2.24, 2.45) is 0 Å². The molecule has 3 heteroatoms. The van der Waals surface area contributed by atoms with Crippen LogP contribution in [0.15, 0.2) is 42.5 Å². The molecule has 1 fully saturated rings. The highest BCUT2D eigenvalue weighted by molar-refractivity contribution is 5.90. The van der Waals surface area contributed by atoms with Gasteiger partial charge in [0.05, 0.1) is 6.04 Å². The van der Waals surface area contributed by atoms with E-state index in [0.29, 0.717) is 0 Å². The highest BCUT2D eigenvalue weighted by Gasteiger charge is 2.30. The van der Waals surface area contributed by atoms with E-state index in [2.05, 4.69) is 50.4 Å². The minimum absolute atomic E-state index is 0.000697. The van der Waals surface area contributed by atoms with Gasteiger partial charge in [-0.1, -0.05) is 30.3 Å². The second kappa shape index (κ2) is 6.45. The Morgan fingerprint density at radius 2 is 1.78 bits per heavy atom. The molecule has 0 aromatic heterocycles. The van der Waals surface area contributed by atoms with Gasteiger partial charge in [0.1, 0.15) is 0 Å². The Bertz CT molecular complexity index is 703. The van der Waals surface area contributed by atoms with Gasteiger partial charge in [-0.3, -0.25) is 0 Å². The number of benzene rings is 2. The van der Waals surface area contributed by atoms with Gasteiger partial charge in [0.25, 0.3) is 0 Å².